The Morgan fingerprint density at radius 1 is 1.18 bits per heavy atom. The average Bonchev–Trinajstić information content (AvgIpc) is 3.55. The molecule has 3 fully saturated rings. The van der Waals surface area contributed by atoms with Crippen molar-refractivity contribution in [3.63, 3.8) is 0 Å². The van der Waals surface area contributed by atoms with E-state index in [4.69, 9.17) is 25.8 Å². The molecule has 0 aliphatic carbocycles. The number of amides is 1. The Labute approximate surface area is 230 Å². The van der Waals surface area contributed by atoms with Crippen LogP contribution in [-0.4, -0.2) is 71.9 Å². The molecule has 2 bridgehead atoms. The van der Waals surface area contributed by atoms with Gasteiger partial charge in [-0.3, -0.25) is 9.69 Å². The SMILES string of the molecule is O=C(C=CCN1CC2CCC(C1)O2)Nc1cc2c(Nc3ccc(F)c(Cl)c3)ncnc2cc1O[C@H]1CCOC1. The van der Waals surface area contributed by atoms with Crippen molar-refractivity contribution in [2.75, 3.05) is 43.5 Å². The van der Waals surface area contributed by atoms with Crippen LogP contribution in [0.1, 0.15) is 19.3 Å². The largest absolute Gasteiger partial charge is 0.486 e. The number of benzene rings is 2. The van der Waals surface area contributed by atoms with Gasteiger partial charge < -0.3 is 24.8 Å². The molecule has 0 spiro atoms. The molecule has 3 aliphatic rings. The van der Waals surface area contributed by atoms with Crippen molar-refractivity contribution < 1.29 is 23.4 Å². The molecule has 3 aromatic rings. The van der Waals surface area contributed by atoms with Gasteiger partial charge in [-0.05, 0) is 37.1 Å². The number of morpholine rings is 1. The van der Waals surface area contributed by atoms with E-state index in [1.165, 1.54) is 18.5 Å². The first-order valence-corrected chi connectivity index (χ1v) is 13.5. The number of hydrogen-bond donors (Lipinski definition) is 2. The second-order valence-electron chi connectivity index (χ2n) is 10.0. The minimum absolute atomic E-state index is 0.00250. The maximum Gasteiger partial charge on any atom is 0.248 e. The summed E-state index contributed by atoms with van der Waals surface area (Å²) in [4.78, 5) is 24.0. The highest BCUT2D eigenvalue weighted by Crippen LogP contribution is 2.35. The molecule has 0 saturated carbocycles. The molecule has 2 aromatic carbocycles. The fourth-order valence-electron chi connectivity index (χ4n) is 5.21. The molecule has 4 heterocycles. The van der Waals surface area contributed by atoms with E-state index in [-0.39, 0.29) is 17.0 Å². The summed E-state index contributed by atoms with van der Waals surface area (Å²) in [5.41, 5.74) is 1.67. The molecule has 39 heavy (non-hydrogen) atoms. The first kappa shape index (κ1) is 25.9. The topological polar surface area (TPSA) is 97.8 Å². The monoisotopic (exact) mass is 553 g/mol. The second-order valence-corrected chi connectivity index (χ2v) is 10.4. The lowest BCUT2D eigenvalue weighted by Crippen LogP contribution is -2.42. The molecule has 1 amide bonds. The zero-order chi connectivity index (χ0) is 26.8. The normalized spacial score (nSPS) is 23.0. The van der Waals surface area contributed by atoms with Gasteiger partial charge >= 0.3 is 0 Å². The van der Waals surface area contributed by atoms with Gasteiger partial charge in [-0.2, -0.15) is 0 Å². The molecule has 3 aliphatic heterocycles. The Hall–Kier alpha value is -3.31. The Morgan fingerprint density at radius 2 is 2.03 bits per heavy atom. The number of fused-ring (bicyclic) bond motifs is 3. The summed E-state index contributed by atoms with van der Waals surface area (Å²) in [6, 6.07) is 7.89. The van der Waals surface area contributed by atoms with Crippen molar-refractivity contribution >= 4 is 45.6 Å². The molecule has 11 heteroatoms. The van der Waals surface area contributed by atoms with Crippen LogP contribution in [0.4, 0.5) is 21.6 Å². The zero-order valence-electron chi connectivity index (χ0n) is 21.2. The van der Waals surface area contributed by atoms with Gasteiger partial charge in [0.25, 0.3) is 0 Å². The van der Waals surface area contributed by atoms with Gasteiger partial charge in [-0.25, -0.2) is 14.4 Å². The van der Waals surface area contributed by atoms with Crippen LogP contribution in [0.2, 0.25) is 5.02 Å². The number of carbonyl (C=O) groups excluding carboxylic acids is 1. The van der Waals surface area contributed by atoms with E-state index in [1.807, 2.05) is 6.08 Å². The molecule has 3 atom stereocenters. The Bertz CT molecular complexity index is 1390. The summed E-state index contributed by atoms with van der Waals surface area (Å²) >= 11 is 5.95. The highest BCUT2D eigenvalue weighted by molar-refractivity contribution is 6.31. The summed E-state index contributed by atoms with van der Waals surface area (Å²) in [7, 11) is 0. The number of hydrogen-bond acceptors (Lipinski definition) is 8. The van der Waals surface area contributed by atoms with E-state index < -0.39 is 5.82 Å². The number of rotatable bonds is 8. The summed E-state index contributed by atoms with van der Waals surface area (Å²) in [5.74, 6) is 0.201. The smallest absolute Gasteiger partial charge is 0.248 e. The van der Waals surface area contributed by atoms with Crippen molar-refractivity contribution in [1.29, 1.82) is 0 Å². The standard InChI is InChI=1S/C28H29ClFN5O4/c29-22-10-17(3-6-23(22)30)33-28-21-11-25(26(12-24(21)31-16-32-28)39-20-7-9-37-15-20)34-27(36)2-1-8-35-13-18-4-5-19(14-35)38-18/h1-3,6,10-12,16,18-20H,4-5,7-9,13-15H2,(H,34,36)(H,31,32,33)/t18?,19?,20-/m0/s1. The van der Waals surface area contributed by atoms with Gasteiger partial charge in [0, 0.05) is 49.3 Å². The number of nitrogens with zero attached hydrogens (tertiary/aromatic N) is 3. The Morgan fingerprint density at radius 3 is 2.79 bits per heavy atom. The van der Waals surface area contributed by atoms with E-state index in [9.17, 15) is 9.18 Å². The zero-order valence-corrected chi connectivity index (χ0v) is 22.0. The first-order valence-electron chi connectivity index (χ1n) is 13.1. The van der Waals surface area contributed by atoms with E-state index in [2.05, 4.69) is 25.5 Å². The van der Waals surface area contributed by atoms with Crippen molar-refractivity contribution in [2.45, 2.75) is 37.6 Å². The molecule has 0 radical (unpaired) electrons. The summed E-state index contributed by atoms with van der Waals surface area (Å²) in [6.07, 6.45) is 8.31. The molecule has 9 nitrogen and oxygen atoms in total. The van der Waals surface area contributed by atoms with Crippen LogP contribution < -0.4 is 15.4 Å². The predicted molar refractivity (Wildman–Crippen MR) is 146 cm³/mol. The highest BCUT2D eigenvalue weighted by atomic mass is 35.5. The van der Waals surface area contributed by atoms with Crippen LogP contribution in [-0.2, 0) is 14.3 Å². The van der Waals surface area contributed by atoms with Gasteiger partial charge in [0.15, 0.2) is 0 Å². The maximum absolute atomic E-state index is 13.6. The lowest BCUT2D eigenvalue weighted by molar-refractivity contribution is -0.111. The lowest BCUT2D eigenvalue weighted by Gasteiger charge is -2.31. The number of ether oxygens (including phenoxy) is 3. The van der Waals surface area contributed by atoms with Crippen molar-refractivity contribution in [1.82, 2.24) is 14.9 Å². The van der Waals surface area contributed by atoms with Gasteiger partial charge in [-0.15, -0.1) is 0 Å². The Balaban J connectivity index is 1.23. The number of halogens is 2. The summed E-state index contributed by atoms with van der Waals surface area (Å²) in [5, 5.41) is 6.78. The van der Waals surface area contributed by atoms with Crippen molar-refractivity contribution in [3.8, 4) is 5.75 Å². The van der Waals surface area contributed by atoms with E-state index in [1.54, 1.807) is 24.3 Å². The number of anilines is 3. The number of carbonyl (C=O) groups is 1. The summed E-state index contributed by atoms with van der Waals surface area (Å²) < 4.78 is 31.2. The van der Waals surface area contributed by atoms with Crippen LogP contribution >= 0.6 is 11.6 Å². The molecular formula is C28H29ClFN5O4. The third kappa shape index (κ3) is 6.14. The van der Waals surface area contributed by atoms with Gasteiger partial charge in [0.05, 0.1) is 41.6 Å². The fourth-order valence-corrected chi connectivity index (χ4v) is 5.39. The maximum atomic E-state index is 13.6. The van der Waals surface area contributed by atoms with E-state index >= 15 is 0 Å². The van der Waals surface area contributed by atoms with E-state index in [0.717, 1.165) is 32.4 Å². The fraction of sp³-hybridized carbons (Fsp3) is 0.393. The van der Waals surface area contributed by atoms with Crippen LogP contribution in [0.15, 0.2) is 48.8 Å². The molecule has 204 valence electrons. The van der Waals surface area contributed by atoms with Crippen LogP contribution in [0, 0.1) is 5.82 Å². The average molecular weight is 554 g/mol. The molecule has 1 aromatic heterocycles. The third-order valence-corrected chi connectivity index (χ3v) is 7.40. The van der Waals surface area contributed by atoms with Gasteiger partial charge in [0.2, 0.25) is 5.91 Å². The van der Waals surface area contributed by atoms with Crippen molar-refractivity contribution in [2.24, 2.45) is 0 Å². The minimum atomic E-state index is -0.508. The van der Waals surface area contributed by atoms with Gasteiger partial charge in [-0.1, -0.05) is 17.7 Å². The van der Waals surface area contributed by atoms with Crippen LogP contribution in [0.3, 0.4) is 0 Å². The van der Waals surface area contributed by atoms with Gasteiger partial charge in [0.1, 0.15) is 29.8 Å². The molecular weight excluding hydrogens is 525 g/mol. The quantitative estimate of drug-likeness (QED) is 0.388. The summed E-state index contributed by atoms with van der Waals surface area (Å²) in [6.45, 7) is 3.58. The predicted octanol–water partition coefficient (Wildman–Crippen LogP) is 4.69. The minimum Gasteiger partial charge on any atom is -0.486 e. The Kier molecular flexibility index (Phi) is 7.60. The number of likely N-dealkylation sites (tertiary alicyclic amines) is 1. The van der Waals surface area contributed by atoms with Crippen LogP contribution in [0.5, 0.6) is 5.75 Å². The van der Waals surface area contributed by atoms with E-state index in [0.29, 0.717) is 65.8 Å². The lowest BCUT2D eigenvalue weighted by atomic mass is 10.1. The molecule has 2 N–H and O–H groups in total. The molecule has 3 saturated heterocycles. The third-order valence-electron chi connectivity index (χ3n) is 7.11. The molecule has 6 rings (SSSR count). The highest BCUT2D eigenvalue weighted by Gasteiger charge is 2.33. The first-order chi connectivity index (χ1) is 19.0. The second kappa shape index (κ2) is 11.4. The van der Waals surface area contributed by atoms with Crippen LogP contribution in [0.25, 0.3) is 10.9 Å². The number of nitrogens with one attached hydrogen (secondary N) is 2. The molecule has 2 unspecified atom stereocenters. The number of aromatic nitrogens is 2. The van der Waals surface area contributed by atoms with Crippen molar-refractivity contribution in [3.05, 3.63) is 59.7 Å².